The third kappa shape index (κ3) is 8.51. The number of hydrogen-bond acceptors (Lipinski definition) is 7. The number of quaternary nitrogens is 1. The van der Waals surface area contributed by atoms with E-state index in [1.54, 1.807) is 24.7 Å². The van der Waals surface area contributed by atoms with Crippen LogP contribution in [0.25, 0.3) is 0 Å². The predicted octanol–water partition coefficient (Wildman–Crippen LogP) is 2.44. The van der Waals surface area contributed by atoms with E-state index in [0.29, 0.717) is 33.2 Å². The number of piperazine rings is 1. The molecule has 42 heavy (non-hydrogen) atoms. The van der Waals surface area contributed by atoms with Gasteiger partial charge in [0.2, 0.25) is 0 Å². The Balaban J connectivity index is 0.000000316. The number of carboxylic acids is 3. The Morgan fingerprint density at radius 3 is 2.07 bits per heavy atom. The normalized spacial score (nSPS) is 16.0. The Bertz CT molecular complexity index is 1350. The van der Waals surface area contributed by atoms with Gasteiger partial charge in [0.15, 0.2) is 11.2 Å². The number of rotatable bonds is 11. The lowest BCUT2D eigenvalue weighted by atomic mass is 9.90. The second kappa shape index (κ2) is 14.1. The summed E-state index contributed by atoms with van der Waals surface area (Å²) < 4.78 is 2.58. The van der Waals surface area contributed by atoms with E-state index in [9.17, 15) is 19.5 Å². The van der Waals surface area contributed by atoms with Crippen LogP contribution in [0.4, 0.5) is 5.69 Å². The van der Waals surface area contributed by atoms with Crippen LogP contribution in [0.3, 0.4) is 0 Å². The molecule has 0 saturated carbocycles. The minimum atomic E-state index is -2.74. The number of nitrogens with one attached hydrogen (secondary N) is 1. The molecule has 1 unspecified atom stereocenters. The topological polar surface area (TPSA) is 182 Å². The second-order valence-electron chi connectivity index (χ2n) is 10.2. The van der Waals surface area contributed by atoms with E-state index in [-0.39, 0.29) is 0 Å². The van der Waals surface area contributed by atoms with Gasteiger partial charge in [0.1, 0.15) is 12.2 Å². The van der Waals surface area contributed by atoms with Gasteiger partial charge in [-0.3, -0.25) is 14.1 Å². The van der Waals surface area contributed by atoms with Crippen LogP contribution in [0.5, 0.6) is 0 Å². The molecule has 1 fully saturated rings. The Labute approximate surface area is 252 Å². The molecule has 1 aliphatic heterocycles. The van der Waals surface area contributed by atoms with Gasteiger partial charge in [-0.25, -0.2) is 9.78 Å². The number of benzene rings is 2. The van der Waals surface area contributed by atoms with Gasteiger partial charge in [0, 0.05) is 41.1 Å². The van der Waals surface area contributed by atoms with Crippen LogP contribution in [0, 0.1) is 0 Å². The van der Waals surface area contributed by atoms with Crippen molar-refractivity contribution in [2.75, 3.05) is 32.7 Å². The van der Waals surface area contributed by atoms with Crippen LogP contribution in [-0.4, -0.2) is 91.3 Å². The SMILES string of the molecule is O=C(O)CC(O)(CC(=O)O)C(=O)O.OC(Cn1ccnc1)(C[N+]1(c2ccccc2)CCNCC1)c1ccc(Cl)cc1Cl. The van der Waals surface area contributed by atoms with Gasteiger partial charge >= 0.3 is 17.9 Å². The quantitative estimate of drug-likeness (QED) is 0.173. The minimum Gasteiger partial charge on any atom is -0.481 e. The summed E-state index contributed by atoms with van der Waals surface area (Å²) in [4.78, 5) is 34.6. The molecule has 4 rings (SSSR count). The molecular formula is C28H33Cl2N4O8+. The summed E-state index contributed by atoms with van der Waals surface area (Å²) in [5, 5.41) is 50.4. The largest absolute Gasteiger partial charge is 0.481 e. The van der Waals surface area contributed by atoms with E-state index < -0.39 is 42.0 Å². The summed E-state index contributed by atoms with van der Waals surface area (Å²) >= 11 is 12.7. The minimum absolute atomic E-state index is 0.356. The summed E-state index contributed by atoms with van der Waals surface area (Å²) in [5.41, 5.74) is -2.06. The standard InChI is InChI=1S/C22H25Cl2N4O.C6H8O7/c23-18-6-7-20(21(24)14-18)22(29,15-27-11-8-26-17-27)16-28(12-9-25-10-13-28)19-4-2-1-3-5-19;7-3(8)1-6(13,5(11)12)2-4(9)10/h1-8,11,14,17,25,29H,9-10,12-13,15-16H2;13H,1-2H2,(H,7,8)(H,9,10)(H,11,12)/q+1;. The number of para-hydroxylation sites is 1. The van der Waals surface area contributed by atoms with Gasteiger partial charge < -0.3 is 35.4 Å². The molecule has 226 valence electrons. The fourth-order valence-electron chi connectivity index (χ4n) is 5.06. The van der Waals surface area contributed by atoms with E-state index in [1.807, 2.05) is 22.9 Å². The highest BCUT2D eigenvalue weighted by molar-refractivity contribution is 6.35. The van der Waals surface area contributed by atoms with Crippen molar-refractivity contribution in [3.8, 4) is 0 Å². The lowest BCUT2D eigenvalue weighted by Gasteiger charge is -2.46. The van der Waals surface area contributed by atoms with Crippen molar-refractivity contribution in [1.29, 1.82) is 0 Å². The fraction of sp³-hybridized carbons (Fsp3) is 0.357. The van der Waals surface area contributed by atoms with Crippen molar-refractivity contribution >= 4 is 46.8 Å². The summed E-state index contributed by atoms with van der Waals surface area (Å²) in [5.74, 6) is -5.02. The van der Waals surface area contributed by atoms with Crippen LogP contribution < -0.4 is 9.80 Å². The summed E-state index contributed by atoms with van der Waals surface area (Å²) in [6.45, 7) is 4.42. The van der Waals surface area contributed by atoms with Crippen molar-refractivity contribution in [3.05, 3.63) is 82.9 Å². The predicted molar refractivity (Wildman–Crippen MR) is 155 cm³/mol. The zero-order valence-corrected chi connectivity index (χ0v) is 24.1. The third-order valence-corrected chi connectivity index (χ3v) is 7.57. The molecular weight excluding hydrogens is 591 g/mol. The van der Waals surface area contributed by atoms with Crippen molar-refractivity contribution < 1.29 is 39.9 Å². The third-order valence-electron chi connectivity index (χ3n) is 7.02. The first-order chi connectivity index (χ1) is 19.8. The molecule has 1 aromatic heterocycles. The zero-order valence-electron chi connectivity index (χ0n) is 22.6. The molecule has 12 nitrogen and oxygen atoms in total. The molecule has 2 heterocycles. The van der Waals surface area contributed by atoms with Crippen molar-refractivity contribution in [3.63, 3.8) is 0 Å². The number of halogens is 2. The van der Waals surface area contributed by atoms with E-state index in [1.165, 1.54) is 5.69 Å². The molecule has 1 aliphatic rings. The fourth-order valence-corrected chi connectivity index (χ4v) is 5.64. The molecule has 0 radical (unpaired) electrons. The molecule has 0 amide bonds. The van der Waals surface area contributed by atoms with Gasteiger partial charge in [-0.2, -0.15) is 0 Å². The Kier molecular flexibility index (Phi) is 11.1. The average molecular weight is 624 g/mol. The number of aromatic nitrogens is 2. The molecule has 1 saturated heterocycles. The maximum absolute atomic E-state index is 12.1. The first-order valence-corrected chi connectivity index (χ1v) is 13.7. The van der Waals surface area contributed by atoms with Gasteiger partial charge in [-0.05, 0) is 24.3 Å². The highest BCUT2D eigenvalue weighted by Gasteiger charge is 2.45. The van der Waals surface area contributed by atoms with E-state index in [0.717, 1.165) is 26.2 Å². The number of aliphatic carboxylic acids is 3. The first kappa shape index (κ1) is 33.0. The maximum atomic E-state index is 12.1. The molecule has 2 aromatic carbocycles. The van der Waals surface area contributed by atoms with Crippen LogP contribution in [0.2, 0.25) is 10.0 Å². The average Bonchev–Trinajstić information content (AvgIpc) is 3.41. The molecule has 0 aliphatic carbocycles. The van der Waals surface area contributed by atoms with Gasteiger partial charge in [0.05, 0.1) is 38.8 Å². The molecule has 0 bridgehead atoms. The number of nitrogens with zero attached hydrogens (tertiary/aromatic N) is 3. The Hall–Kier alpha value is -3.52. The zero-order chi connectivity index (χ0) is 31.0. The summed E-state index contributed by atoms with van der Waals surface area (Å²) in [6.07, 6.45) is 3.01. The maximum Gasteiger partial charge on any atom is 0.336 e. The van der Waals surface area contributed by atoms with Crippen LogP contribution >= 0.6 is 23.2 Å². The van der Waals surface area contributed by atoms with Crippen LogP contribution in [-0.2, 0) is 26.5 Å². The number of imidazole rings is 1. The first-order valence-electron chi connectivity index (χ1n) is 12.9. The summed E-state index contributed by atoms with van der Waals surface area (Å²) in [7, 11) is 0. The lowest BCUT2D eigenvalue weighted by molar-refractivity contribution is -0.170. The number of aliphatic hydroxyl groups is 2. The smallest absolute Gasteiger partial charge is 0.336 e. The number of carboxylic acid groups (broad SMARTS) is 3. The van der Waals surface area contributed by atoms with Crippen molar-refractivity contribution in [2.24, 2.45) is 0 Å². The lowest BCUT2D eigenvalue weighted by Crippen LogP contribution is -2.64. The molecule has 6 N–H and O–H groups in total. The monoisotopic (exact) mass is 623 g/mol. The van der Waals surface area contributed by atoms with E-state index in [2.05, 4.69) is 34.6 Å². The van der Waals surface area contributed by atoms with Crippen molar-refractivity contribution in [1.82, 2.24) is 19.4 Å². The van der Waals surface area contributed by atoms with Gasteiger partial charge in [-0.1, -0.05) is 47.5 Å². The van der Waals surface area contributed by atoms with Crippen LogP contribution in [0.15, 0.2) is 67.3 Å². The summed E-state index contributed by atoms with van der Waals surface area (Å²) in [6, 6.07) is 15.7. The second-order valence-corrected chi connectivity index (χ2v) is 11.0. The Morgan fingerprint density at radius 1 is 0.952 bits per heavy atom. The van der Waals surface area contributed by atoms with Crippen LogP contribution in [0.1, 0.15) is 18.4 Å². The van der Waals surface area contributed by atoms with E-state index in [4.69, 9.17) is 43.6 Å². The number of hydrogen-bond donors (Lipinski definition) is 6. The van der Waals surface area contributed by atoms with Crippen molar-refractivity contribution in [2.45, 2.75) is 30.6 Å². The highest BCUT2D eigenvalue weighted by Crippen LogP contribution is 2.37. The number of carbonyl (C=O) groups is 3. The Morgan fingerprint density at radius 2 is 1.57 bits per heavy atom. The molecule has 3 aromatic rings. The molecule has 0 spiro atoms. The van der Waals surface area contributed by atoms with Gasteiger partial charge in [0.25, 0.3) is 0 Å². The highest BCUT2D eigenvalue weighted by atomic mass is 35.5. The molecule has 14 heteroatoms. The van der Waals surface area contributed by atoms with Gasteiger partial charge in [-0.15, -0.1) is 0 Å². The molecule has 1 atom stereocenters. The van der Waals surface area contributed by atoms with E-state index >= 15 is 0 Å².